The van der Waals surface area contributed by atoms with Crippen LogP contribution in [-0.2, 0) is 0 Å². The molecular formula is C16H33NS2. The first-order valence-corrected chi connectivity index (χ1v) is 8.94. The lowest BCUT2D eigenvalue weighted by Gasteiger charge is -2.34. The minimum Gasteiger partial charge on any atom is -0.357 e. The van der Waals surface area contributed by atoms with Crippen LogP contribution in [0.2, 0.25) is 0 Å². The number of nitrogens with zero attached hydrogens (tertiary/aromatic N) is 1. The average molecular weight is 304 g/mol. The zero-order chi connectivity index (χ0) is 15.1. The normalized spacial score (nSPS) is 14.8. The first kappa shape index (κ1) is 19.2. The van der Waals surface area contributed by atoms with Crippen molar-refractivity contribution in [2.75, 3.05) is 13.1 Å². The molecule has 0 radical (unpaired) electrons. The number of thioether (sulfide) groups is 1. The first-order valence-electron chi connectivity index (χ1n) is 7.72. The van der Waals surface area contributed by atoms with E-state index < -0.39 is 0 Å². The molecule has 0 aliphatic carbocycles. The molecule has 0 saturated carbocycles. The van der Waals surface area contributed by atoms with Gasteiger partial charge < -0.3 is 4.90 Å². The van der Waals surface area contributed by atoms with E-state index in [1.54, 1.807) is 0 Å². The number of hydrogen-bond acceptors (Lipinski definition) is 2. The maximum absolute atomic E-state index is 5.73. The Balaban J connectivity index is 4.69. The molecule has 19 heavy (non-hydrogen) atoms. The molecule has 0 heterocycles. The van der Waals surface area contributed by atoms with Crippen molar-refractivity contribution in [3.05, 3.63) is 0 Å². The maximum atomic E-state index is 5.73. The lowest BCUT2D eigenvalue weighted by molar-refractivity contribution is 0.337. The van der Waals surface area contributed by atoms with Crippen LogP contribution in [0.3, 0.4) is 0 Å². The zero-order valence-electron chi connectivity index (χ0n) is 14.0. The molecule has 1 nitrogen and oxygen atoms in total. The second kappa shape index (κ2) is 9.23. The molecule has 0 N–H and O–H groups in total. The van der Waals surface area contributed by atoms with Crippen molar-refractivity contribution < 1.29 is 0 Å². The Morgan fingerprint density at radius 3 is 1.89 bits per heavy atom. The third-order valence-corrected chi connectivity index (χ3v) is 5.22. The molecule has 3 heteroatoms. The summed E-state index contributed by atoms with van der Waals surface area (Å²) in [4.78, 5) is 2.42. The van der Waals surface area contributed by atoms with Gasteiger partial charge in [-0.3, -0.25) is 0 Å². The van der Waals surface area contributed by atoms with Gasteiger partial charge in [0.15, 0.2) is 0 Å². The highest BCUT2D eigenvalue weighted by molar-refractivity contribution is 8.23. The van der Waals surface area contributed by atoms with Crippen LogP contribution in [0.25, 0.3) is 0 Å². The van der Waals surface area contributed by atoms with Crippen LogP contribution in [0.4, 0.5) is 0 Å². The van der Waals surface area contributed by atoms with E-state index in [1.165, 1.54) is 19.3 Å². The Bertz CT molecular complexity index is 253. The average Bonchev–Trinajstić information content (AvgIpc) is 2.27. The summed E-state index contributed by atoms with van der Waals surface area (Å²) in [5.41, 5.74) is 0. The minimum atomic E-state index is 0.304. The van der Waals surface area contributed by atoms with Crippen LogP contribution in [0.1, 0.15) is 67.7 Å². The molecule has 114 valence electrons. The first-order chi connectivity index (χ1) is 8.74. The summed E-state index contributed by atoms with van der Waals surface area (Å²) >= 11 is 7.65. The summed E-state index contributed by atoms with van der Waals surface area (Å²) in [6.07, 6.45) is 3.66. The predicted molar refractivity (Wildman–Crippen MR) is 95.0 cm³/mol. The lowest BCUT2D eigenvalue weighted by atomic mass is 10.0. The molecule has 0 fully saturated rings. The fourth-order valence-electron chi connectivity index (χ4n) is 2.21. The molecular weight excluding hydrogens is 270 g/mol. The molecule has 0 aromatic heterocycles. The van der Waals surface area contributed by atoms with E-state index in [1.807, 2.05) is 11.8 Å². The van der Waals surface area contributed by atoms with Crippen molar-refractivity contribution in [1.82, 2.24) is 4.90 Å². The van der Waals surface area contributed by atoms with E-state index >= 15 is 0 Å². The van der Waals surface area contributed by atoms with Gasteiger partial charge in [-0.2, -0.15) is 0 Å². The number of rotatable bonds is 8. The van der Waals surface area contributed by atoms with Gasteiger partial charge in [-0.15, -0.1) is 0 Å². The summed E-state index contributed by atoms with van der Waals surface area (Å²) in [5.74, 6) is 1.33. The van der Waals surface area contributed by atoms with Crippen molar-refractivity contribution in [2.45, 2.75) is 72.5 Å². The molecule has 0 bridgehead atoms. The van der Waals surface area contributed by atoms with Crippen LogP contribution in [0.15, 0.2) is 0 Å². The van der Waals surface area contributed by atoms with Gasteiger partial charge in [-0.1, -0.05) is 78.9 Å². The largest absolute Gasteiger partial charge is 0.357 e. The van der Waals surface area contributed by atoms with Crippen molar-refractivity contribution in [1.29, 1.82) is 0 Å². The summed E-state index contributed by atoms with van der Waals surface area (Å²) in [5, 5.41) is 0. The van der Waals surface area contributed by atoms with E-state index in [9.17, 15) is 0 Å². The van der Waals surface area contributed by atoms with Gasteiger partial charge in [0.05, 0.1) is 0 Å². The topological polar surface area (TPSA) is 3.24 Å². The third-order valence-electron chi connectivity index (χ3n) is 3.29. The van der Waals surface area contributed by atoms with E-state index in [2.05, 4.69) is 53.4 Å². The molecule has 0 aromatic carbocycles. The van der Waals surface area contributed by atoms with Crippen LogP contribution >= 0.6 is 24.0 Å². The SMILES string of the molecule is CCCC(C)(CC)SC(=S)N(CC(C)C)CC(C)C. The van der Waals surface area contributed by atoms with Gasteiger partial charge in [0.1, 0.15) is 4.32 Å². The fraction of sp³-hybridized carbons (Fsp3) is 0.938. The van der Waals surface area contributed by atoms with E-state index in [-0.39, 0.29) is 0 Å². The van der Waals surface area contributed by atoms with Crippen LogP contribution in [0.5, 0.6) is 0 Å². The van der Waals surface area contributed by atoms with Crippen LogP contribution in [-0.4, -0.2) is 27.1 Å². The second-order valence-electron chi connectivity index (χ2n) is 6.61. The number of thiocarbonyl (C=S) groups is 1. The molecule has 1 unspecified atom stereocenters. The Kier molecular flexibility index (Phi) is 9.34. The maximum Gasteiger partial charge on any atom is 0.136 e. The Morgan fingerprint density at radius 1 is 1.11 bits per heavy atom. The van der Waals surface area contributed by atoms with E-state index in [0.717, 1.165) is 17.4 Å². The van der Waals surface area contributed by atoms with Crippen molar-refractivity contribution in [2.24, 2.45) is 11.8 Å². The molecule has 0 amide bonds. The van der Waals surface area contributed by atoms with E-state index in [0.29, 0.717) is 16.6 Å². The van der Waals surface area contributed by atoms with Crippen LogP contribution in [0, 0.1) is 11.8 Å². The van der Waals surface area contributed by atoms with Gasteiger partial charge in [-0.05, 0) is 24.7 Å². The van der Waals surface area contributed by atoms with Gasteiger partial charge in [0.2, 0.25) is 0 Å². The molecule has 0 rings (SSSR count). The zero-order valence-corrected chi connectivity index (χ0v) is 15.6. The van der Waals surface area contributed by atoms with E-state index in [4.69, 9.17) is 12.2 Å². The Labute approximate surface area is 130 Å². The standard InChI is InChI=1S/C16H33NS2/c1-8-10-16(7,9-2)19-15(18)17(11-13(3)4)12-14(5)6/h13-14H,8-12H2,1-7H3. The molecule has 1 atom stereocenters. The van der Waals surface area contributed by atoms with Crippen LogP contribution < -0.4 is 0 Å². The highest BCUT2D eigenvalue weighted by Crippen LogP contribution is 2.35. The minimum absolute atomic E-state index is 0.304. The van der Waals surface area contributed by atoms with Crippen molar-refractivity contribution in [3.63, 3.8) is 0 Å². The molecule has 0 spiro atoms. The predicted octanol–water partition coefficient (Wildman–Crippen LogP) is 5.59. The fourth-order valence-corrected chi connectivity index (χ4v) is 4.11. The number of hydrogen-bond donors (Lipinski definition) is 0. The van der Waals surface area contributed by atoms with Gasteiger partial charge in [0.25, 0.3) is 0 Å². The summed E-state index contributed by atoms with van der Waals surface area (Å²) in [7, 11) is 0. The molecule has 0 aliphatic heterocycles. The molecule has 0 aromatic rings. The summed E-state index contributed by atoms with van der Waals surface area (Å²) in [6.45, 7) is 18.1. The van der Waals surface area contributed by atoms with Gasteiger partial charge >= 0.3 is 0 Å². The monoisotopic (exact) mass is 303 g/mol. The summed E-state index contributed by atoms with van der Waals surface area (Å²) < 4.78 is 1.40. The highest BCUT2D eigenvalue weighted by Gasteiger charge is 2.26. The second-order valence-corrected chi connectivity index (χ2v) is 8.84. The lowest BCUT2D eigenvalue weighted by Crippen LogP contribution is -2.37. The van der Waals surface area contributed by atoms with Crippen molar-refractivity contribution in [3.8, 4) is 0 Å². The summed E-state index contributed by atoms with van der Waals surface area (Å²) in [6, 6.07) is 0. The molecule has 0 saturated heterocycles. The Hall–Kier alpha value is 0.240. The smallest absolute Gasteiger partial charge is 0.136 e. The van der Waals surface area contributed by atoms with Gasteiger partial charge in [0, 0.05) is 17.8 Å². The quantitative estimate of drug-likeness (QED) is 0.538. The van der Waals surface area contributed by atoms with Gasteiger partial charge in [-0.25, -0.2) is 0 Å². The van der Waals surface area contributed by atoms with Crippen molar-refractivity contribution >= 4 is 28.3 Å². The third kappa shape index (κ3) is 8.19. The highest BCUT2D eigenvalue weighted by atomic mass is 32.2. The molecule has 0 aliphatic rings. The Morgan fingerprint density at radius 2 is 1.58 bits per heavy atom.